The molecule has 0 radical (unpaired) electrons. The van der Waals surface area contributed by atoms with Crippen LogP contribution < -0.4 is 15.4 Å². The third-order valence-corrected chi connectivity index (χ3v) is 9.19. The van der Waals surface area contributed by atoms with Gasteiger partial charge in [0, 0.05) is 41.3 Å². The quantitative estimate of drug-likeness (QED) is 0.291. The zero-order chi connectivity index (χ0) is 28.2. The van der Waals surface area contributed by atoms with Crippen molar-refractivity contribution in [2.75, 3.05) is 30.8 Å². The summed E-state index contributed by atoms with van der Waals surface area (Å²) >= 11 is 1.13. The standard InChI is InChI=1S/C30H29F2N7OS/c1-16-10-18-12-34-13-24(32)22(18)14-39(16)28-21-6-5-17(20-7-8-23(31)27-26(20)36-29(33)41-27)11-25(21)35-30(37-28)40-15-19-4-3-9-38(19)2/h5-8,11-13,16,19H,3-4,9-10,14-15H2,1-2H3,(H2,33,36)/t16-,19+/m1/s1. The van der Waals surface area contributed by atoms with E-state index in [-0.39, 0.29) is 23.7 Å². The summed E-state index contributed by atoms with van der Waals surface area (Å²) in [5.74, 6) is 0.0224. The Hall–Kier alpha value is -3.96. The van der Waals surface area contributed by atoms with Crippen LogP contribution in [0.5, 0.6) is 6.01 Å². The fourth-order valence-electron chi connectivity index (χ4n) is 6.02. The van der Waals surface area contributed by atoms with E-state index >= 15 is 0 Å². The number of nitrogen functional groups attached to an aromatic ring is 1. The van der Waals surface area contributed by atoms with Gasteiger partial charge in [0.05, 0.1) is 21.9 Å². The summed E-state index contributed by atoms with van der Waals surface area (Å²) < 4.78 is 36.0. The van der Waals surface area contributed by atoms with E-state index in [2.05, 4.69) is 33.7 Å². The number of halogens is 2. The molecule has 2 aromatic carbocycles. The fraction of sp³-hybridized carbons (Fsp3) is 0.333. The maximum absolute atomic E-state index is 14.8. The Morgan fingerprint density at radius 2 is 1.98 bits per heavy atom. The maximum atomic E-state index is 14.8. The van der Waals surface area contributed by atoms with Gasteiger partial charge in [-0.1, -0.05) is 17.4 Å². The number of rotatable bonds is 5. The number of benzene rings is 2. The predicted octanol–water partition coefficient (Wildman–Crippen LogP) is 5.59. The van der Waals surface area contributed by atoms with Gasteiger partial charge in [0.15, 0.2) is 5.13 Å². The van der Waals surface area contributed by atoms with E-state index in [1.54, 1.807) is 12.3 Å². The molecule has 1 fully saturated rings. The second kappa shape index (κ2) is 10.1. The lowest BCUT2D eigenvalue weighted by Gasteiger charge is -2.36. The minimum Gasteiger partial charge on any atom is -0.462 e. The zero-order valence-electron chi connectivity index (χ0n) is 22.8. The van der Waals surface area contributed by atoms with Crippen LogP contribution in [0.25, 0.3) is 32.2 Å². The summed E-state index contributed by atoms with van der Waals surface area (Å²) in [6.07, 6.45) is 5.85. The molecule has 1 saturated heterocycles. The number of anilines is 2. The van der Waals surface area contributed by atoms with E-state index in [4.69, 9.17) is 20.4 Å². The van der Waals surface area contributed by atoms with Gasteiger partial charge in [-0.25, -0.2) is 13.8 Å². The van der Waals surface area contributed by atoms with Gasteiger partial charge < -0.3 is 20.3 Å². The molecule has 0 aliphatic carbocycles. The highest BCUT2D eigenvalue weighted by Crippen LogP contribution is 2.38. The molecule has 2 aliphatic rings. The number of hydrogen-bond acceptors (Lipinski definition) is 9. The molecule has 2 atom stereocenters. The second-order valence-electron chi connectivity index (χ2n) is 10.9. The van der Waals surface area contributed by atoms with Crippen molar-refractivity contribution in [3.8, 4) is 17.1 Å². The molecule has 0 amide bonds. The molecule has 7 rings (SSSR count). The summed E-state index contributed by atoms with van der Waals surface area (Å²) in [6.45, 7) is 3.99. The number of ether oxygens (including phenoxy) is 1. The van der Waals surface area contributed by atoms with Gasteiger partial charge in [0.2, 0.25) is 0 Å². The van der Waals surface area contributed by atoms with Gasteiger partial charge in [0.25, 0.3) is 0 Å². The van der Waals surface area contributed by atoms with Crippen molar-refractivity contribution >= 4 is 43.4 Å². The predicted molar refractivity (Wildman–Crippen MR) is 157 cm³/mol. The van der Waals surface area contributed by atoms with Crippen LogP contribution in [0.2, 0.25) is 0 Å². The number of likely N-dealkylation sites (N-methyl/N-ethyl adjacent to an activating group) is 1. The number of nitrogens with two attached hydrogens (primary N) is 1. The number of hydrogen-bond donors (Lipinski definition) is 1. The van der Waals surface area contributed by atoms with E-state index < -0.39 is 0 Å². The lowest BCUT2D eigenvalue weighted by atomic mass is 9.95. The number of aromatic nitrogens is 4. The van der Waals surface area contributed by atoms with Crippen LogP contribution in [0.3, 0.4) is 0 Å². The Morgan fingerprint density at radius 3 is 2.80 bits per heavy atom. The smallest absolute Gasteiger partial charge is 0.319 e. The molecule has 2 aliphatic heterocycles. The van der Waals surface area contributed by atoms with Crippen LogP contribution in [-0.2, 0) is 13.0 Å². The second-order valence-corrected chi connectivity index (χ2v) is 11.9. The molecule has 41 heavy (non-hydrogen) atoms. The first kappa shape index (κ1) is 26.0. The van der Waals surface area contributed by atoms with Crippen molar-refractivity contribution in [3.63, 3.8) is 0 Å². The minimum absolute atomic E-state index is 0.0485. The van der Waals surface area contributed by atoms with Gasteiger partial charge in [-0.15, -0.1) is 0 Å². The van der Waals surface area contributed by atoms with E-state index in [9.17, 15) is 8.78 Å². The average molecular weight is 574 g/mol. The van der Waals surface area contributed by atoms with Crippen LogP contribution in [0.1, 0.15) is 30.9 Å². The van der Waals surface area contributed by atoms with Crippen LogP contribution >= 0.6 is 11.3 Å². The third-order valence-electron chi connectivity index (χ3n) is 8.30. The Balaban J connectivity index is 1.34. The van der Waals surface area contributed by atoms with Crippen LogP contribution in [0.4, 0.5) is 19.7 Å². The van der Waals surface area contributed by atoms with Crippen LogP contribution in [-0.4, -0.2) is 57.1 Å². The summed E-state index contributed by atoms with van der Waals surface area (Å²) in [6, 6.07) is 9.65. The number of likely N-dealkylation sites (tertiary alicyclic amines) is 1. The van der Waals surface area contributed by atoms with Crippen molar-refractivity contribution in [1.29, 1.82) is 0 Å². The van der Waals surface area contributed by atoms with Gasteiger partial charge in [0.1, 0.15) is 24.1 Å². The van der Waals surface area contributed by atoms with Crippen molar-refractivity contribution < 1.29 is 13.5 Å². The molecular formula is C30H29F2N7OS. The monoisotopic (exact) mass is 573 g/mol. The van der Waals surface area contributed by atoms with E-state index in [0.29, 0.717) is 57.9 Å². The molecule has 5 heterocycles. The highest BCUT2D eigenvalue weighted by molar-refractivity contribution is 7.22. The largest absolute Gasteiger partial charge is 0.462 e. The van der Waals surface area contributed by atoms with Crippen molar-refractivity contribution in [2.45, 2.75) is 44.8 Å². The first-order valence-electron chi connectivity index (χ1n) is 13.7. The summed E-state index contributed by atoms with van der Waals surface area (Å²) in [5.41, 5.74) is 10.3. The number of fused-ring (bicyclic) bond motifs is 3. The summed E-state index contributed by atoms with van der Waals surface area (Å²) in [5, 5.41) is 1.13. The van der Waals surface area contributed by atoms with Gasteiger partial charge in [-0.2, -0.15) is 9.97 Å². The number of nitrogens with zero attached hydrogens (tertiary/aromatic N) is 6. The van der Waals surface area contributed by atoms with E-state index in [1.165, 1.54) is 12.3 Å². The maximum Gasteiger partial charge on any atom is 0.319 e. The van der Waals surface area contributed by atoms with E-state index in [1.807, 2.05) is 18.2 Å². The highest BCUT2D eigenvalue weighted by Gasteiger charge is 2.29. The Bertz CT molecular complexity index is 1790. The zero-order valence-corrected chi connectivity index (χ0v) is 23.6. The lowest BCUT2D eigenvalue weighted by Crippen LogP contribution is -2.39. The first-order chi connectivity index (χ1) is 19.9. The molecular weight excluding hydrogens is 544 g/mol. The van der Waals surface area contributed by atoms with Crippen molar-refractivity contribution in [1.82, 2.24) is 24.8 Å². The Labute approximate surface area is 239 Å². The fourth-order valence-corrected chi connectivity index (χ4v) is 6.79. The van der Waals surface area contributed by atoms with Gasteiger partial charge >= 0.3 is 6.01 Å². The molecule has 3 aromatic heterocycles. The number of thiazole rings is 1. The van der Waals surface area contributed by atoms with Crippen LogP contribution in [0, 0.1) is 11.6 Å². The molecule has 8 nitrogen and oxygen atoms in total. The molecule has 11 heteroatoms. The van der Waals surface area contributed by atoms with E-state index in [0.717, 1.165) is 52.8 Å². The topological polar surface area (TPSA) is 93.3 Å². The molecule has 5 aromatic rings. The SMILES string of the molecule is C[C@@H]1Cc2cncc(F)c2CN1c1nc(OC[C@@H]2CCCN2C)nc2cc(-c3ccc(F)c4sc(N)nc34)ccc12. The summed E-state index contributed by atoms with van der Waals surface area (Å²) in [7, 11) is 2.10. The van der Waals surface area contributed by atoms with Gasteiger partial charge in [-0.3, -0.25) is 4.98 Å². The molecule has 0 spiro atoms. The lowest BCUT2D eigenvalue weighted by molar-refractivity contribution is 0.188. The molecule has 2 N–H and O–H groups in total. The average Bonchev–Trinajstić information content (AvgIpc) is 3.56. The highest BCUT2D eigenvalue weighted by atomic mass is 32.1. The first-order valence-corrected chi connectivity index (χ1v) is 14.5. The molecule has 210 valence electrons. The van der Waals surface area contributed by atoms with Crippen molar-refractivity contribution in [3.05, 3.63) is 65.5 Å². The number of pyridine rings is 1. The Morgan fingerprint density at radius 1 is 1.10 bits per heavy atom. The minimum atomic E-state index is -0.349. The van der Waals surface area contributed by atoms with Crippen molar-refractivity contribution in [2.24, 2.45) is 0 Å². The summed E-state index contributed by atoms with van der Waals surface area (Å²) in [4.78, 5) is 22.6. The normalized spacial score (nSPS) is 19.3. The molecule has 0 bridgehead atoms. The van der Waals surface area contributed by atoms with Crippen LogP contribution in [0.15, 0.2) is 42.7 Å². The third kappa shape index (κ3) is 4.62. The Kier molecular flexibility index (Phi) is 6.43. The molecule has 0 saturated carbocycles. The van der Waals surface area contributed by atoms with Gasteiger partial charge in [-0.05, 0) is 75.2 Å². The molecule has 0 unspecified atom stereocenters.